The fraction of sp³-hybridized carbons (Fsp3) is 0.579. The van der Waals surface area contributed by atoms with E-state index >= 15 is 0 Å². The first-order valence-corrected chi connectivity index (χ1v) is 10.4. The number of nitrogens with zero attached hydrogens (tertiary/aromatic N) is 3. The molecule has 2 atom stereocenters. The van der Waals surface area contributed by atoms with Crippen LogP contribution in [0.25, 0.3) is 10.2 Å². The van der Waals surface area contributed by atoms with Gasteiger partial charge in [0.15, 0.2) is 5.82 Å². The average Bonchev–Trinajstić information content (AvgIpc) is 3.23. The molecule has 9 heteroatoms. The van der Waals surface area contributed by atoms with E-state index in [2.05, 4.69) is 34.3 Å². The van der Waals surface area contributed by atoms with E-state index in [0.717, 1.165) is 35.9 Å². The third-order valence-corrected chi connectivity index (χ3v) is 6.43. The Bertz CT molecular complexity index is 1010. The standard InChI is InChI=1S/C19H25N5O2S.ClH/c1-10-4-5-12-13(8-10)27-19-17(12)18(25)22-14(23-19)6-7-16-21-15(24-26-16)9-11(2)20-3;/h10-11,20H,4-9H2,1-3H3,(H,22,23,25);1H. The van der Waals surface area contributed by atoms with Crippen LogP contribution in [0.3, 0.4) is 0 Å². The van der Waals surface area contributed by atoms with Gasteiger partial charge in [-0.1, -0.05) is 12.1 Å². The smallest absolute Gasteiger partial charge is 0.259 e. The van der Waals surface area contributed by atoms with Crippen LogP contribution in [-0.2, 0) is 32.1 Å². The number of H-pyrrole nitrogens is 1. The van der Waals surface area contributed by atoms with Crippen molar-refractivity contribution in [1.82, 2.24) is 25.4 Å². The minimum Gasteiger partial charge on any atom is -0.339 e. The highest BCUT2D eigenvalue weighted by atomic mass is 35.5. The molecule has 2 N–H and O–H groups in total. The second kappa shape index (κ2) is 8.71. The molecule has 1 aliphatic rings. The van der Waals surface area contributed by atoms with Gasteiger partial charge in [0, 0.05) is 30.2 Å². The van der Waals surface area contributed by atoms with E-state index in [1.807, 2.05) is 7.05 Å². The monoisotopic (exact) mass is 423 g/mol. The van der Waals surface area contributed by atoms with Gasteiger partial charge in [0.2, 0.25) is 5.89 Å². The fourth-order valence-corrected chi connectivity index (χ4v) is 4.99. The molecular weight excluding hydrogens is 398 g/mol. The molecule has 0 aromatic carbocycles. The zero-order chi connectivity index (χ0) is 19.0. The van der Waals surface area contributed by atoms with Crippen LogP contribution in [0.1, 0.15) is 48.2 Å². The fourth-order valence-electron chi connectivity index (χ4n) is 3.59. The molecule has 0 aliphatic heterocycles. The van der Waals surface area contributed by atoms with Crippen LogP contribution >= 0.6 is 23.7 Å². The first kappa shape index (κ1) is 21.0. The van der Waals surface area contributed by atoms with Gasteiger partial charge < -0.3 is 14.8 Å². The highest BCUT2D eigenvalue weighted by Crippen LogP contribution is 2.35. The Morgan fingerprint density at radius 1 is 1.36 bits per heavy atom. The summed E-state index contributed by atoms with van der Waals surface area (Å²) in [5.41, 5.74) is 1.20. The highest BCUT2D eigenvalue weighted by molar-refractivity contribution is 7.18. The molecular formula is C19H26ClN5O2S. The summed E-state index contributed by atoms with van der Waals surface area (Å²) in [6, 6.07) is 0.295. The zero-order valence-electron chi connectivity index (χ0n) is 16.4. The van der Waals surface area contributed by atoms with Crippen LogP contribution < -0.4 is 10.9 Å². The molecule has 0 amide bonds. The molecule has 0 radical (unpaired) electrons. The number of thiophene rings is 1. The lowest BCUT2D eigenvalue weighted by molar-refractivity contribution is 0.370. The van der Waals surface area contributed by atoms with Gasteiger partial charge in [0.1, 0.15) is 10.7 Å². The van der Waals surface area contributed by atoms with Crippen molar-refractivity contribution in [2.75, 3.05) is 7.05 Å². The van der Waals surface area contributed by atoms with Crippen molar-refractivity contribution < 1.29 is 4.52 Å². The van der Waals surface area contributed by atoms with Gasteiger partial charge in [-0.25, -0.2) is 4.98 Å². The van der Waals surface area contributed by atoms with Gasteiger partial charge in [-0.3, -0.25) is 4.79 Å². The average molecular weight is 424 g/mol. The van der Waals surface area contributed by atoms with Gasteiger partial charge in [-0.2, -0.15) is 4.98 Å². The van der Waals surface area contributed by atoms with Gasteiger partial charge in [-0.05, 0) is 44.7 Å². The summed E-state index contributed by atoms with van der Waals surface area (Å²) in [7, 11) is 1.91. The maximum atomic E-state index is 12.6. The van der Waals surface area contributed by atoms with Crippen molar-refractivity contribution in [1.29, 1.82) is 0 Å². The van der Waals surface area contributed by atoms with Gasteiger partial charge in [0.05, 0.1) is 5.39 Å². The summed E-state index contributed by atoms with van der Waals surface area (Å²) in [6.07, 6.45) is 5.05. The Morgan fingerprint density at radius 2 is 2.18 bits per heavy atom. The number of rotatable bonds is 6. The molecule has 4 rings (SSSR count). The summed E-state index contributed by atoms with van der Waals surface area (Å²) in [6.45, 7) is 4.34. The molecule has 152 valence electrons. The van der Waals surface area contributed by atoms with Crippen molar-refractivity contribution in [2.24, 2.45) is 5.92 Å². The van der Waals surface area contributed by atoms with Crippen LogP contribution in [0.2, 0.25) is 0 Å². The lowest BCUT2D eigenvalue weighted by Crippen LogP contribution is -2.24. The Labute approximate surface area is 173 Å². The number of hydrogen-bond acceptors (Lipinski definition) is 7. The number of likely N-dealkylation sites (N-methyl/N-ethyl adjacent to an activating group) is 1. The maximum Gasteiger partial charge on any atom is 0.259 e. The van der Waals surface area contributed by atoms with E-state index in [1.165, 1.54) is 10.4 Å². The number of aromatic nitrogens is 4. The summed E-state index contributed by atoms with van der Waals surface area (Å²) >= 11 is 1.68. The van der Waals surface area contributed by atoms with E-state index in [9.17, 15) is 4.79 Å². The molecule has 0 saturated carbocycles. The number of hydrogen-bond donors (Lipinski definition) is 2. The van der Waals surface area contributed by atoms with Crippen molar-refractivity contribution in [3.8, 4) is 0 Å². The topological polar surface area (TPSA) is 96.7 Å². The number of aryl methyl sites for hydroxylation is 3. The van der Waals surface area contributed by atoms with Gasteiger partial charge >= 0.3 is 0 Å². The molecule has 28 heavy (non-hydrogen) atoms. The SMILES string of the molecule is CNC(C)Cc1noc(CCc2nc3sc4c(c3c(=O)[nH]2)CCC(C)C4)n1.Cl. The minimum absolute atomic E-state index is 0. The van der Waals surface area contributed by atoms with E-state index in [4.69, 9.17) is 9.51 Å². The van der Waals surface area contributed by atoms with Crippen LogP contribution in [0.15, 0.2) is 9.32 Å². The number of aromatic amines is 1. The van der Waals surface area contributed by atoms with Crippen LogP contribution in [0.4, 0.5) is 0 Å². The maximum absolute atomic E-state index is 12.6. The first-order valence-electron chi connectivity index (χ1n) is 9.55. The molecule has 7 nitrogen and oxygen atoms in total. The summed E-state index contributed by atoms with van der Waals surface area (Å²) in [4.78, 5) is 26.9. The molecule has 3 aromatic rings. The molecule has 0 saturated heterocycles. The van der Waals surface area contributed by atoms with Crippen molar-refractivity contribution in [3.63, 3.8) is 0 Å². The lowest BCUT2D eigenvalue weighted by Gasteiger charge is -2.17. The van der Waals surface area contributed by atoms with Crippen molar-refractivity contribution in [2.45, 2.75) is 58.4 Å². The number of nitrogens with one attached hydrogen (secondary N) is 2. The second-order valence-corrected chi connectivity index (χ2v) is 8.63. The van der Waals surface area contributed by atoms with E-state index in [-0.39, 0.29) is 18.0 Å². The molecule has 0 spiro atoms. The molecule has 2 unspecified atom stereocenters. The number of halogens is 1. The Kier molecular flexibility index (Phi) is 6.52. The predicted octanol–water partition coefficient (Wildman–Crippen LogP) is 2.85. The normalized spacial score (nSPS) is 17.3. The minimum atomic E-state index is -0.0175. The van der Waals surface area contributed by atoms with E-state index < -0.39 is 0 Å². The summed E-state index contributed by atoms with van der Waals surface area (Å²) in [5, 5.41) is 7.97. The molecule has 3 heterocycles. The largest absolute Gasteiger partial charge is 0.339 e. The zero-order valence-corrected chi connectivity index (χ0v) is 18.0. The van der Waals surface area contributed by atoms with Crippen molar-refractivity contribution >= 4 is 34.0 Å². The third-order valence-electron chi connectivity index (χ3n) is 5.28. The summed E-state index contributed by atoms with van der Waals surface area (Å²) in [5.74, 6) is 2.64. The van der Waals surface area contributed by atoms with Crippen molar-refractivity contribution in [3.05, 3.63) is 38.3 Å². The molecule has 0 bridgehead atoms. The van der Waals surface area contributed by atoms with E-state index in [0.29, 0.717) is 42.3 Å². The Hall–Kier alpha value is -1.77. The molecule has 1 aliphatic carbocycles. The second-order valence-electron chi connectivity index (χ2n) is 7.54. The van der Waals surface area contributed by atoms with Crippen LogP contribution in [0.5, 0.6) is 0 Å². The number of fused-ring (bicyclic) bond motifs is 3. The quantitative estimate of drug-likeness (QED) is 0.632. The third kappa shape index (κ3) is 4.29. The predicted molar refractivity (Wildman–Crippen MR) is 113 cm³/mol. The lowest BCUT2D eigenvalue weighted by atomic mass is 9.89. The van der Waals surface area contributed by atoms with Gasteiger partial charge in [0.25, 0.3) is 5.56 Å². The van der Waals surface area contributed by atoms with Crippen LogP contribution in [0, 0.1) is 5.92 Å². The van der Waals surface area contributed by atoms with Gasteiger partial charge in [-0.15, -0.1) is 23.7 Å². The van der Waals surface area contributed by atoms with Crippen LogP contribution in [-0.4, -0.2) is 33.2 Å². The van der Waals surface area contributed by atoms with E-state index in [1.54, 1.807) is 11.3 Å². The highest BCUT2D eigenvalue weighted by Gasteiger charge is 2.23. The molecule has 0 fully saturated rings. The Morgan fingerprint density at radius 3 is 2.96 bits per heavy atom. The molecule has 3 aromatic heterocycles. The summed E-state index contributed by atoms with van der Waals surface area (Å²) < 4.78 is 5.32. The first-order chi connectivity index (χ1) is 13.0. The Balaban J connectivity index is 0.00000225.